The van der Waals surface area contributed by atoms with Crippen LogP contribution in [-0.2, 0) is 12.6 Å². The molecule has 0 radical (unpaired) electrons. The first kappa shape index (κ1) is 10.5. The SMILES string of the molecule is Cn1cnc(C2(N)CCC(F)(F)CC2)c1. The molecule has 0 atom stereocenters. The molecular weight excluding hydrogens is 200 g/mol. The lowest BCUT2D eigenvalue weighted by Gasteiger charge is -2.35. The van der Waals surface area contributed by atoms with Crippen LogP contribution in [0.1, 0.15) is 31.4 Å². The lowest BCUT2D eigenvalue weighted by atomic mass is 9.79. The summed E-state index contributed by atoms with van der Waals surface area (Å²) in [6, 6.07) is 0. The Labute approximate surface area is 87.3 Å². The zero-order valence-corrected chi connectivity index (χ0v) is 8.71. The second-order valence-corrected chi connectivity index (χ2v) is 4.44. The highest BCUT2D eigenvalue weighted by Gasteiger charge is 2.43. The van der Waals surface area contributed by atoms with Crippen molar-refractivity contribution in [2.45, 2.75) is 37.1 Å². The van der Waals surface area contributed by atoms with Crippen LogP contribution in [-0.4, -0.2) is 15.5 Å². The van der Waals surface area contributed by atoms with Gasteiger partial charge in [0.2, 0.25) is 5.92 Å². The second kappa shape index (κ2) is 3.27. The molecule has 1 aromatic heterocycles. The van der Waals surface area contributed by atoms with Crippen molar-refractivity contribution >= 4 is 0 Å². The van der Waals surface area contributed by atoms with Gasteiger partial charge in [0.05, 0.1) is 17.6 Å². The van der Waals surface area contributed by atoms with E-state index in [0.717, 1.165) is 5.69 Å². The lowest BCUT2D eigenvalue weighted by molar-refractivity contribution is -0.0518. The topological polar surface area (TPSA) is 43.8 Å². The highest BCUT2D eigenvalue weighted by Crippen LogP contribution is 2.41. The van der Waals surface area contributed by atoms with Crippen molar-refractivity contribution in [1.29, 1.82) is 0 Å². The van der Waals surface area contributed by atoms with Gasteiger partial charge in [-0.1, -0.05) is 0 Å². The summed E-state index contributed by atoms with van der Waals surface area (Å²) < 4.78 is 27.8. The van der Waals surface area contributed by atoms with Crippen molar-refractivity contribution in [3.63, 3.8) is 0 Å². The number of nitrogens with two attached hydrogens (primary N) is 1. The Morgan fingerprint density at radius 3 is 2.40 bits per heavy atom. The van der Waals surface area contributed by atoms with E-state index in [1.807, 2.05) is 13.2 Å². The van der Waals surface area contributed by atoms with E-state index in [-0.39, 0.29) is 12.8 Å². The van der Waals surface area contributed by atoms with Gasteiger partial charge in [0.25, 0.3) is 0 Å². The third-order valence-corrected chi connectivity index (χ3v) is 3.09. The Kier molecular flexibility index (Phi) is 2.30. The first-order valence-electron chi connectivity index (χ1n) is 5.06. The fourth-order valence-corrected chi connectivity index (χ4v) is 1.99. The molecule has 2 rings (SSSR count). The molecule has 0 unspecified atom stereocenters. The van der Waals surface area contributed by atoms with Gasteiger partial charge in [0, 0.05) is 26.1 Å². The molecule has 1 aliphatic carbocycles. The van der Waals surface area contributed by atoms with E-state index in [1.165, 1.54) is 0 Å². The van der Waals surface area contributed by atoms with Crippen LogP contribution >= 0.6 is 0 Å². The fourth-order valence-electron chi connectivity index (χ4n) is 1.99. The molecule has 1 aliphatic rings. The first-order chi connectivity index (χ1) is 6.91. The van der Waals surface area contributed by atoms with Crippen LogP contribution in [0.5, 0.6) is 0 Å². The van der Waals surface area contributed by atoms with Crippen LogP contribution in [0.2, 0.25) is 0 Å². The van der Waals surface area contributed by atoms with Gasteiger partial charge >= 0.3 is 0 Å². The summed E-state index contributed by atoms with van der Waals surface area (Å²) in [6.07, 6.45) is 3.79. The predicted molar refractivity (Wildman–Crippen MR) is 52.5 cm³/mol. The minimum atomic E-state index is -2.54. The van der Waals surface area contributed by atoms with E-state index < -0.39 is 11.5 Å². The van der Waals surface area contributed by atoms with Crippen LogP contribution < -0.4 is 5.73 Å². The maximum Gasteiger partial charge on any atom is 0.248 e. The van der Waals surface area contributed by atoms with Crippen LogP contribution in [0.15, 0.2) is 12.5 Å². The fraction of sp³-hybridized carbons (Fsp3) is 0.700. The molecule has 0 aromatic carbocycles. The normalized spacial score (nSPS) is 24.0. The number of hydrogen-bond donors (Lipinski definition) is 1. The second-order valence-electron chi connectivity index (χ2n) is 4.44. The number of rotatable bonds is 1. The molecule has 0 bridgehead atoms. The Hall–Kier alpha value is -0.970. The van der Waals surface area contributed by atoms with Crippen molar-refractivity contribution < 1.29 is 8.78 Å². The average Bonchev–Trinajstić information content (AvgIpc) is 2.59. The van der Waals surface area contributed by atoms with Crippen molar-refractivity contribution in [1.82, 2.24) is 9.55 Å². The number of alkyl halides is 2. The Morgan fingerprint density at radius 2 is 1.93 bits per heavy atom. The summed E-state index contributed by atoms with van der Waals surface area (Å²) in [5.41, 5.74) is 6.16. The smallest absolute Gasteiger partial charge is 0.248 e. The zero-order valence-electron chi connectivity index (χ0n) is 8.71. The van der Waals surface area contributed by atoms with E-state index in [4.69, 9.17) is 5.73 Å². The molecule has 3 nitrogen and oxygen atoms in total. The molecule has 1 saturated carbocycles. The molecular formula is C10H15F2N3. The standard InChI is InChI=1S/C10H15F2N3/c1-15-6-8(14-7-15)9(13)2-4-10(11,12)5-3-9/h6-7H,2-5,13H2,1H3. The van der Waals surface area contributed by atoms with Crippen LogP contribution in [0.3, 0.4) is 0 Å². The van der Waals surface area contributed by atoms with Crippen molar-refractivity contribution in [2.24, 2.45) is 12.8 Å². The molecule has 0 spiro atoms. The number of hydrogen-bond acceptors (Lipinski definition) is 2. The quantitative estimate of drug-likeness (QED) is 0.776. The van der Waals surface area contributed by atoms with Gasteiger partial charge in [0.15, 0.2) is 0 Å². The maximum atomic E-state index is 13.0. The maximum absolute atomic E-state index is 13.0. The molecule has 5 heteroatoms. The van der Waals surface area contributed by atoms with Gasteiger partial charge in [0.1, 0.15) is 0 Å². The molecule has 1 aromatic rings. The highest BCUT2D eigenvalue weighted by atomic mass is 19.3. The number of halogens is 2. The molecule has 0 amide bonds. The van der Waals surface area contributed by atoms with Crippen molar-refractivity contribution in [3.8, 4) is 0 Å². The van der Waals surface area contributed by atoms with E-state index in [1.54, 1.807) is 10.9 Å². The molecule has 1 heterocycles. The summed E-state index contributed by atoms with van der Waals surface area (Å²) >= 11 is 0. The van der Waals surface area contributed by atoms with Gasteiger partial charge in [-0.3, -0.25) is 0 Å². The van der Waals surface area contributed by atoms with E-state index >= 15 is 0 Å². The molecule has 0 saturated heterocycles. The van der Waals surface area contributed by atoms with Gasteiger partial charge < -0.3 is 10.3 Å². The zero-order chi connectivity index (χ0) is 11.1. The monoisotopic (exact) mass is 215 g/mol. The Bertz CT molecular complexity index is 349. The molecule has 0 aliphatic heterocycles. The number of aromatic nitrogens is 2. The van der Waals surface area contributed by atoms with Gasteiger partial charge in [-0.25, -0.2) is 13.8 Å². The molecule has 2 N–H and O–H groups in total. The molecule has 84 valence electrons. The average molecular weight is 215 g/mol. The number of nitrogens with zero attached hydrogens (tertiary/aromatic N) is 2. The number of aryl methyl sites for hydroxylation is 1. The third kappa shape index (κ3) is 2.02. The summed E-state index contributed by atoms with van der Waals surface area (Å²) in [5.74, 6) is -2.54. The molecule has 1 fully saturated rings. The first-order valence-corrected chi connectivity index (χ1v) is 5.06. The summed E-state index contributed by atoms with van der Waals surface area (Å²) in [5, 5.41) is 0. The summed E-state index contributed by atoms with van der Waals surface area (Å²) in [4.78, 5) is 4.15. The lowest BCUT2D eigenvalue weighted by Crippen LogP contribution is -2.43. The minimum Gasteiger partial charge on any atom is -0.340 e. The van der Waals surface area contributed by atoms with Crippen LogP contribution in [0.4, 0.5) is 8.78 Å². The number of imidazole rings is 1. The summed E-state index contributed by atoms with van der Waals surface area (Å²) in [7, 11) is 1.84. The van der Waals surface area contributed by atoms with E-state index in [0.29, 0.717) is 12.8 Å². The van der Waals surface area contributed by atoms with Gasteiger partial charge in [-0.05, 0) is 12.8 Å². The predicted octanol–water partition coefficient (Wildman–Crippen LogP) is 1.78. The molecule has 15 heavy (non-hydrogen) atoms. The van der Waals surface area contributed by atoms with Crippen molar-refractivity contribution in [3.05, 3.63) is 18.2 Å². The van der Waals surface area contributed by atoms with Crippen LogP contribution in [0, 0.1) is 0 Å². The minimum absolute atomic E-state index is 0.139. The van der Waals surface area contributed by atoms with Gasteiger partial charge in [-0.2, -0.15) is 0 Å². The van der Waals surface area contributed by atoms with Crippen LogP contribution in [0.25, 0.3) is 0 Å². The van der Waals surface area contributed by atoms with E-state index in [2.05, 4.69) is 4.98 Å². The van der Waals surface area contributed by atoms with Gasteiger partial charge in [-0.15, -0.1) is 0 Å². The third-order valence-electron chi connectivity index (χ3n) is 3.09. The largest absolute Gasteiger partial charge is 0.340 e. The van der Waals surface area contributed by atoms with Crippen molar-refractivity contribution in [2.75, 3.05) is 0 Å². The Balaban J connectivity index is 2.16. The Morgan fingerprint density at radius 1 is 1.33 bits per heavy atom. The summed E-state index contributed by atoms with van der Waals surface area (Å²) in [6.45, 7) is 0. The van der Waals surface area contributed by atoms with E-state index in [9.17, 15) is 8.78 Å². The highest BCUT2D eigenvalue weighted by molar-refractivity contribution is 5.13.